The van der Waals surface area contributed by atoms with Gasteiger partial charge in [-0.3, -0.25) is 4.79 Å². The van der Waals surface area contributed by atoms with Crippen molar-refractivity contribution in [2.75, 3.05) is 19.6 Å². The average molecular weight is 238 g/mol. The van der Waals surface area contributed by atoms with E-state index in [1.54, 1.807) is 4.90 Å². The lowest BCUT2D eigenvalue weighted by Crippen LogP contribution is -2.30. The highest BCUT2D eigenvalue weighted by Crippen LogP contribution is 2.21. The second kappa shape index (κ2) is 4.71. The second-order valence-corrected chi connectivity index (χ2v) is 4.31. The predicted octanol–water partition coefficient (Wildman–Crippen LogP) is 0.952. The van der Waals surface area contributed by atoms with Gasteiger partial charge in [-0.15, -0.1) is 0 Å². The molecule has 0 saturated carbocycles. The van der Waals surface area contributed by atoms with E-state index < -0.39 is 5.82 Å². The Morgan fingerprint density at radius 1 is 1.59 bits per heavy atom. The number of benzene rings is 1. The van der Waals surface area contributed by atoms with Crippen molar-refractivity contribution in [1.29, 1.82) is 0 Å². The minimum Gasteiger partial charge on any atom is -0.508 e. The number of hydrogen-bond donors (Lipinski definition) is 2. The molecule has 1 aliphatic heterocycles. The number of rotatable bonds is 2. The molecule has 0 aromatic heterocycles. The SMILES string of the molecule is NCC1CCN(C(=O)c2cc(O)ccc2F)C1. The van der Waals surface area contributed by atoms with Crippen molar-refractivity contribution < 1.29 is 14.3 Å². The highest BCUT2D eigenvalue weighted by atomic mass is 19.1. The first-order valence-electron chi connectivity index (χ1n) is 5.59. The molecular formula is C12H15FN2O2. The number of phenolic OH excluding ortho intramolecular Hbond substituents is 1. The fraction of sp³-hybridized carbons (Fsp3) is 0.417. The zero-order chi connectivity index (χ0) is 12.4. The highest BCUT2D eigenvalue weighted by Gasteiger charge is 2.27. The molecule has 0 spiro atoms. The van der Waals surface area contributed by atoms with Gasteiger partial charge in [0.15, 0.2) is 0 Å². The van der Waals surface area contributed by atoms with E-state index in [2.05, 4.69) is 0 Å². The molecule has 1 atom stereocenters. The molecule has 0 radical (unpaired) electrons. The van der Waals surface area contributed by atoms with E-state index in [0.717, 1.165) is 18.6 Å². The molecular weight excluding hydrogens is 223 g/mol. The maximum absolute atomic E-state index is 13.5. The van der Waals surface area contributed by atoms with Crippen molar-refractivity contribution in [3.63, 3.8) is 0 Å². The number of phenols is 1. The van der Waals surface area contributed by atoms with Gasteiger partial charge in [0.2, 0.25) is 0 Å². The van der Waals surface area contributed by atoms with E-state index in [4.69, 9.17) is 5.73 Å². The summed E-state index contributed by atoms with van der Waals surface area (Å²) in [5.74, 6) is -0.804. The first-order valence-corrected chi connectivity index (χ1v) is 5.59. The Balaban J connectivity index is 2.17. The zero-order valence-corrected chi connectivity index (χ0v) is 9.40. The smallest absolute Gasteiger partial charge is 0.256 e. The molecule has 1 aromatic rings. The van der Waals surface area contributed by atoms with Gasteiger partial charge in [-0.05, 0) is 37.1 Å². The van der Waals surface area contributed by atoms with Gasteiger partial charge < -0.3 is 15.7 Å². The number of aromatic hydroxyl groups is 1. The van der Waals surface area contributed by atoms with E-state index in [1.807, 2.05) is 0 Å². The Bertz CT molecular complexity index is 437. The lowest BCUT2D eigenvalue weighted by atomic mass is 10.1. The lowest BCUT2D eigenvalue weighted by molar-refractivity contribution is 0.0782. The third-order valence-electron chi connectivity index (χ3n) is 3.09. The number of hydrogen-bond acceptors (Lipinski definition) is 3. The summed E-state index contributed by atoms with van der Waals surface area (Å²) in [5, 5.41) is 9.27. The monoisotopic (exact) mass is 238 g/mol. The minimum absolute atomic E-state index is 0.0809. The molecule has 1 fully saturated rings. The summed E-state index contributed by atoms with van der Waals surface area (Å²) in [7, 11) is 0. The number of carbonyl (C=O) groups excluding carboxylic acids is 1. The van der Waals surface area contributed by atoms with Crippen LogP contribution in [-0.2, 0) is 0 Å². The number of nitrogens with zero attached hydrogens (tertiary/aromatic N) is 1. The molecule has 1 saturated heterocycles. The summed E-state index contributed by atoms with van der Waals surface area (Å²) >= 11 is 0. The van der Waals surface area contributed by atoms with Crippen LogP contribution in [0.3, 0.4) is 0 Å². The Labute approximate surface area is 98.8 Å². The van der Waals surface area contributed by atoms with Crippen LogP contribution < -0.4 is 5.73 Å². The molecule has 1 aromatic carbocycles. The van der Waals surface area contributed by atoms with E-state index in [0.29, 0.717) is 25.6 Å². The van der Waals surface area contributed by atoms with E-state index >= 15 is 0 Å². The predicted molar refractivity (Wildman–Crippen MR) is 61.1 cm³/mol. The maximum Gasteiger partial charge on any atom is 0.256 e. The lowest BCUT2D eigenvalue weighted by Gasteiger charge is -2.16. The van der Waals surface area contributed by atoms with Crippen LogP contribution in [0.4, 0.5) is 4.39 Å². The van der Waals surface area contributed by atoms with Crippen LogP contribution in [0.2, 0.25) is 0 Å². The fourth-order valence-corrected chi connectivity index (χ4v) is 2.06. The van der Waals surface area contributed by atoms with Gasteiger partial charge in [-0.2, -0.15) is 0 Å². The molecule has 1 unspecified atom stereocenters. The van der Waals surface area contributed by atoms with Crippen LogP contribution in [0.5, 0.6) is 5.75 Å². The minimum atomic E-state index is -0.607. The first kappa shape index (κ1) is 11.9. The van der Waals surface area contributed by atoms with Crippen LogP contribution in [-0.4, -0.2) is 35.5 Å². The van der Waals surface area contributed by atoms with Crippen molar-refractivity contribution in [1.82, 2.24) is 4.90 Å². The third kappa shape index (κ3) is 2.39. The van der Waals surface area contributed by atoms with Crippen molar-refractivity contribution >= 4 is 5.91 Å². The van der Waals surface area contributed by atoms with Crippen LogP contribution in [0.15, 0.2) is 18.2 Å². The Kier molecular flexibility index (Phi) is 3.28. The number of halogens is 1. The van der Waals surface area contributed by atoms with Gasteiger partial charge >= 0.3 is 0 Å². The summed E-state index contributed by atoms with van der Waals surface area (Å²) in [5.41, 5.74) is 5.46. The Morgan fingerprint density at radius 2 is 2.35 bits per heavy atom. The van der Waals surface area contributed by atoms with Gasteiger partial charge in [-0.25, -0.2) is 4.39 Å². The summed E-state index contributed by atoms with van der Waals surface area (Å²) in [6, 6.07) is 3.48. The molecule has 0 bridgehead atoms. The Morgan fingerprint density at radius 3 is 3.00 bits per heavy atom. The normalized spacial score (nSPS) is 19.6. The van der Waals surface area contributed by atoms with Gasteiger partial charge in [-0.1, -0.05) is 0 Å². The van der Waals surface area contributed by atoms with Crippen molar-refractivity contribution in [2.24, 2.45) is 11.7 Å². The molecule has 0 aliphatic carbocycles. The summed E-state index contributed by atoms with van der Waals surface area (Å²) in [4.78, 5) is 13.6. The maximum atomic E-state index is 13.5. The van der Waals surface area contributed by atoms with Crippen LogP contribution >= 0.6 is 0 Å². The number of amides is 1. The highest BCUT2D eigenvalue weighted by molar-refractivity contribution is 5.95. The first-order chi connectivity index (χ1) is 8.11. The molecule has 3 N–H and O–H groups in total. The molecule has 2 rings (SSSR count). The molecule has 1 heterocycles. The summed E-state index contributed by atoms with van der Waals surface area (Å²) < 4.78 is 13.5. The number of nitrogens with two attached hydrogens (primary N) is 1. The summed E-state index contributed by atoms with van der Waals surface area (Å²) in [6.45, 7) is 1.69. The molecule has 4 nitrogen and oxygen atoms in total. The van der Waals surface area contributed by atoms with E-state index in [9.17, 15) is 14.3 Å². The van der Waals surface area contributed by atoms with Crippen molar-refractivity contribution in [3.05, 3.63) is 29.6 Å². The Hall–Kier alpha value is -1.62. The van der Waals surface area contributed by atoms with Crippen LogP contribution in [0, 0.1) is 11.7 Å². The molecule has 92 valence electrons. The van der Waals surface area contributed by atoms with Crippen LogP contribution in [0.1, 0.15) is 16.8 Å². The molecule has 5 heteroatoms. The van der Waals surface area contributed by atoms with Gasteiger partial charge in [0, 0.05) is 13.1 Å². The van der Waals surface area contributed by atoms with Gasteiger partial charge in [0.25, 0.3) is 5.91 Å². The largest absolute Gasteiger partial charge is 0.508 e. The zero-order valence-electron chi connectivity index (χ0n) is 9.40. The average Bonchev–Trinajstić information content (AvgIpc) is 2.80. The topological polar surface area (TPSA) is 66.6 Å². The molecule has 17 heavy (non-hydrogen) atoms. The quantitative estimate of drug-likeness (QED) is 0.806. The van der Waals surface area contributed by atoms with Crippen molar-refractivity contribution in [3.8, 4) is 5.75 Å². The standard InChI is InChI=1S/C12H15FN2O2/c13-11-2-1-9(16)5-10(11)12(17)15-4-3-8(6-14)7-15/h1-2,5,8,16H,3-4,6-7,14H2. The molecule has 1 amide bonds. The van der Waals surface area contributed by atoms with Gasteiger partial charge in [0.05, 0.1) is 5.56 Å². The van der Waals surface area contributed by atoms with E-state index in [1.165, 1.54) is 6.07 Å². The number of likely N-dealkylation sites (tertiary alicyclic amines) is 1. The number of carbonyl (C=O) groups is 1. The summed E-state index contributed by atoms with van der Waals surface area (Å²) in [6.07, 6.45) is 0.850. The fourth-order valence-electron chi connectivity index (χ4n) is 2.06. The van der Waals surface area contributed by atoms with Crippen molar-refractivity contribution in [2.45, 2.75) is 6.42 Å². The third-order valence-corrected chi connectivity index (χ3v) is 3.09. The molecule has 1 aliphatic rings. The van der Waals surface area contributed by atoms with Crippen LogP contribution in [0.25, 0.3) is 0 Å². The van der Waals surface area contributed by atoms with Gasteiger partial charge in [0.1, 0.15) is 11.6 Å². The second-order valence-electron chi connectivity index (χ2n) is 4.31. The van der Waals surface area contributed by atoms with E-state index in [-0.39, 0.29) is 17.2 Å².